The van der Waals surface area contributed by atoms with E-state index in [1.807, 2.05) is 66.7 Å². The largest absolute Gasteiger partial charge is 0.322 e. The van der Waals surface area contributed by atoms with Crippen molar-refractivity contribution in [1.82, 2.24) is 0 Å². The molecule has 3 aromatic rings. The van der Waals surface area contributed by atoms with E-state index in [9.17, 15) is 4.79 Å². The van der Waals surface area contributed by atoms with Crippen molar-refractivity contribution >= 4 is 34.8 Å². The molecule has 0 unspecified atom stereocenters. The number of rotatable bonds is 4. The summed E-state index contributed by atoms with van der Waals surface area (Å²) >= 11 is 5.89. The number of carbonyl (C=O) groups is 1. The number of amides is 1. The zero-order valence-corrected chi connectivity index (χ0v) is 13.7. The highest BCUT2D eigenvalue weighted by Crippen LogP contribution is 2.21. The Labute approximate surface area is 146 Å². The molecule has 0 aliphatic heterocycles. The fraction of sp³-hybridized carbons (Fsp3) is 0. The third kappa shape index (κ3) is 4.12. The predicted molar refractivity (Wildman–Crippen MR) is 101 cm³/mol. The van der Waals surface area contributed by atoms with Crippen molar-refractivity contribution in [2.24, 2.45) is 0 Å². The molecule has 1 N–H and O–H groups in total. The van der Waals surface area contributed by atoms with Gasteiger partial charge in [0.05, 0.1) is 0 Å². The summed E-state index contributed by atoms with van der Waals surface area (Å²) in [6.45, 7) is 0. The topological polar surface area (TPSA) is 29.1 Å². The van der Waals surface area contributed by atoms with E-state index in [0.29, 0.717) is 16.3 Å². The van der Waals surface area contributed by atoms with E-state index in [1.165, 1.54) is 0 Å². The molecule has 3 rings (SSSR count). The molecule has 0 saturated heterocycles. The minimum atomic E-state index is -0.160. The maximum Gasteiger partial charge on any atom is 0.256 e. The fourth-order valence-electron chi connectivity index (χ4n) is 2.35. The average Bonchev–Trinajstić information content (AvgIpc) is 2.63. The highest BCUT2D eigenvalue weighted by atomic mass is 35.5. The highest BCUT2D eigenvalue weighted by Gasteiger charge is 2.12. The van der Waals surface area contributed by atoms with Crippen LogP contribution in [0.15, 0.2) is 84.9 Å². The van der Waals surface area contributed by atoms with Gasteiger partial charge in [-0.15, -0.1) is 0 Å². The SMILES string of the molecule is O=C(Nc1ccc(Cl)cc1)/C(=C\c1ccccc1)c1ccccc1. The lowest BCUT2D eigenvalue weighted by molar-refractivity contribution is -0.111. The average molecular weight is 334 g/mol. The molecular formula is C21H16ClNO. The molecule has 0 spiro atoms. The first-order chi connectivity index (χ1) is 11.7. The van der Waals surface area contributed by atoms with Gasteiger partial charge in [0.15, 0.2) is 0 Å². The van der Waals surface area contributed by atoms with Crippen LogP contribution in [-0.2, 0) is 4.79 Å². The number of hydrogen-bond acceptors (Lipinski definition) is 1. The molecule has 0 heterocycles. The summed E-state index contributed by atoms with van der Waals surface area (Å²) in [4.78, 5) is 12.8. The quantitative estimate of drug-likeness (QED) is 0.494. The normalized spacial score (nSPS) is 11.1. The number of benzene rings is 3. The van der Waals surface area contributed by atoms with Crippen LogP contribution in [0.5, 0.6) is 0 Å². The summed E-state index contributed by atoms with van der Waals surface area (Å²) in [5, 5.41) is 3.56. The summed E-state index contributed by atoms with van der Waals surface area (Å²) in [6.07, 6.45) is 1.89. The summed E-state index contributed by atoms with van der Waals surface area (Å²) < 4.78 is 0. The lowest BCUT2D eigenvalue weighted by Crippen LogP contribution is -2.13. The molecule has 0 radical (unpaired) electrons. The third-order valence-electron chi connectivity index (χ3n) is 3.54. The van der Waals surface area contributed by atoms with Crippen LogP contribution in [0.2, 0.25) is 5.02 Å². The number of nitrogens with one attached hydrogen (secondary N) is 1. The van der Waals surface area contributed by atoms with Crippen molar-refractivity contribution in [1.29, 1.82) is 0 Å². The Balaban J connectivity index is 1.94. The minimum Gasteiger partial charge on any atom is -0.322 e. The van der Waals surface area contributed by atoms with Crippen LogP contribution in [0.25, 0.3) is 11.6 Å². The van der Waals surface area contributed by atoms with E-state index in [4.69, 9.17) is 11.6 Å². The number of carbonyl (C=O) groups excluding carboxylic acids is 1. The summed E-state index contributed by atoms with van der Waals surface area (Å²) in [7, 11) is 0. The van der Waals surface area contributed by atoms with Crippen molar-refractivity contribution < 1.29 is 4.79 Å². The lowest BCUT2D eigenvalue weighted by Gasteiger charge is -2.10. The summed E-state index contributed by atoms with van der Waals surface area (Å²) in [5.41, 5.74) is 3.16. The van der Waals surface area contributed by atoms with Crippen LogP contribution < -0.4 is 5.32 Å². The van der Waals surface area contributed by atoms with Gasteiger partial charge in [-0.05, 0) is 41.5 Å². The van der Waals surface area contributed by atoms with Gasteiger partial charge in [-0.1, -0.05) is 72.3 Å². The lowest BCUT2D eigenvalue weighted by atomic mass is 10.0. The minimum absolute atomic E-state index is 0.160. The molecule has 0 aliphatic rings. The molecular weight excluding hydrogens is 318 g/mol. The van der Waals surface area contributed by atoms with Gasteiger partial charge < -0.3 is 5.32 Å². The van der Waals surface area contributed by atoms with Crippen LogP contribution in [0, 0.1) is 0 Å². The molecule has 0 bridgehead atoms. The second-order valence-corrected chi connectivity index (χ2v) is 5.73. The van der Waals surface area contributed by atoms with E-state index < -0.39 is 0 Å². The predicted octanol–water partition coefficient (Wildman–Crippen LogP) is 5.52. The first-order valence-corrected chi connectivity index (χ1v) is 7.99. The first-order valence-electron chi connectivity index (χ1n) is 7.61. The molecule has 0 fully saturated rings. The molecule has 2 nitrogen and oxygen atoms in total. The molecule has 3 heteroatoms. The molecule has 3 aromatic carbocycles. The van der Waals surface area contributed by atoms with Gasteiger partial charge in [0.25, 0.3) is 5.91 Å². The van der Waals surface area contributed by atoms with Gasteiger partial charge in [0.1, 0.15) is 0 Å². The summed E-state index contributed by atoms with van der Waals surface area (Å²) in [6, 6.07) is 26.5. The van der Waals surface area contributed by atoms with Crippen molar-refractivity contribution in [3.05, 3.63) is 101 Å². The Kier molecular flexibility index (Phi) is 5.09. The Hall–Kier alpha value is -2.84. The second-order valence-electron chi connectivity index (χ2n) is 5.30. The van der Waals surface area contributed by atoms with Crippen molar-refractivity contribution in [2.45, 2.75) is 0 Å². The van der Waals surface area contributed by atoms with Gasteiger partial charge >= 0.3 is 0 Å². The Bertz CT molecular complexity index is 840. The Morgan fingerprint density at radius 2 is 1.38 bits per heavy atom. The zero-order valence-electron chi connectivity index (χ0n) is 12.9. The maximum atomic E-state index is 12.8. The monoisotopic (exact) mass is 333 g/mol. The Morgan fingerprint density at radius 3 is 2.00 bits per heavy atom. The number of anilines is 1. The van der Waals surface area contributed by atoms with Crippen LogP contribution in [0.1, 0.15) is 11.1 Å². The van der Waals surface area contributed by atoms with E-state index in [1.54, 1.807) is 24.3 Å². The van der Waals surface area contributed by atoms with Gasteiger partial charge in [-0.2, -0.15) is 0 Å². The molecule has 0 atom stereocenters. The van der Waals surface area contributed by atoms with E-state index in [-0.39, 0.29) is 5.91 Å². The smallest absolute Gasteiger partial charge is 0.256 e. The van der Waals surface area contributed by atoms with Gasteiger partial charge in [0, 0.05) is 16.3 Å². The maximum absolute atomic E-state index is 12.8. The fourth-order valence-corrected chi connectivity index (χ4v) is 2.47. The van der Waals surface area contributed by atoms with Crippen LogP contribution >= 0.6 is 11.6 Å². The van der Waals surface area contributed by atoms with Crippen molar-refractivity contribution in [3.63, 3.8) is 0 Å². The summed E-state index contributed by atoms with van der Waals surface area (Å²) in [5.74, 6) is -0.160. The van der Waals surface area contributed by atoms with E-state index in [2.05, 4.69) is 5.32 Å². The molecule has 118 valence electrons. The van der Waals surface area contributed by atoms with Crippen molar-refractivity contribution in [3.8, 4) is 0 Å². The zero-order chi connectivity index (χ0) is 16.8. The van der Waals surface area contributed by atoms with Crippen LogP contribution in [0.3, 0.4) is 0 Å². The number of hydrogen-bond donors (Lipinski definition) is 1. The standard InChI is InChI=1S/C21H16ClNO/c22-18-11-13-19(14-12-18)23-21(24)20(17-9-5-2-6-10-17)15-16-7-3-1-4-8-16/h1-15H,(H,23,24)/b20-15-. The first kappa shape index (κ1) is 16.0. The molecule has 0 saturated carbocycles. The second kappa shape index (κ2) is 7.62. The molecule has 0 aliphatic carbocycles. The van der Waals surface area contributed by atoms with E-state index >= 15 is 0 Å². The third-order valence-corrected chi connectivity index (χ3v) is 3.79. The molecule has 24 heavy (non-hydrogen) atoms. The number of halogens is 1. The van der Waals surface area contributed by atoms with Crippen LogP contribution in [-0.4, -0.2) is 5.91 Å². The van der Waals surface area contributed by atoms with Gasteiger partial charge in [-0.25, -0.2) is 0 Å². The van der Waals surface area contributed by atoms with E-state index in [0.717, 1.165) is 11.1 Å². The van der Waals surface area contributed by atoms with Gasteiger partial charge in [0.2, 0.25) is 0 Å². The Morgan fingerprint density at radius 1 is 0.792 bits per heavy atom. The van der Waals surface area contributed by atoms with Crippen molar-refractivity contribution in [2.75, 3.05) is 5.32 Å². The molecule has 1 amide bonds. The highest BCUT2D eigenvalue weighted by molar-refractivity contribution is 6.31. The van der Waals surface area contributed by atoms with Gasteiger partial charge in [-0.3, -0.25) is 4.79 Å². The molecule has 0 aromatic heterocycles. The van der Waals surface area contributed by atoms with Crippen LogP contribution in [0.4, 0.5) is 5.69 Å².